The van der Waals surface area contributed by atoms with Crippen molar-refractivity contribution in [1.82, 2.24) is 15.0 Å². The number of nitrogens with zero attached hydrogens (tertiary/aromatic N) is 3. The minimum atomic E-state index is 0.0273. The molecule has 0 aliphatic heterocycles. The molecule has 0 aliphatic carbocycles. The van der Waals surface area contributed by atoms with Gasteiger partial charge in [0.2, 0.25) is 0 Å². The molecule has 1 atom stereocenters. The lowest BCUT2D eigenvalue weighted by Gasteiger charge is -2.21. The highest BCUT2D eigenvalue weighted by Gasteiger charge is 2.23. The van der Waals surface area contributed by atoms with Crippen LogP contribution < -0.4 is 0 Å². The van der Waals surface area contributed by atoms with Crippen molar-refractivity contribution in [2.75, 3.05) is 0 Å². The van der Waals surface area contributed by atoms with Gasteiger partial charge in [-0.25, -0.2) is 4.68 Å². The summed E-state index contributed by atoms with van der Waals surface area (Å²) in [6, 6.07) is 8.66. The van der Waals surface area contributed by atoms with Gasteiger partial charge in [0.05, 0.1) is 11.7 Å². The molecule has 3 nitrogen and oxygen atoms in total. The van der Waals surface area contributed by atoms with Gasteiger partial charge in [-0.2, -0.15) is 0 Å². The maximum atomic E-state index is 4.36. The predicted octanol–water partition coefficient (Wildman–Crippen LogP) is 4.58. The van der Waals surface area contributed by atoms with Crippen LogP contribution >= 0.6 is 15.9 Å². The van der Waals surface area contributed by atoms with Crippen LogP contribution in [0.1, 0.15) is 51.9 Å². The third-order valence-electron chi connectivity index (χ3n) is 3.41. The lowest BCUT2D eigenvalue weighted by Crippen LogP contribution is -2.17. The first-order chi connectivity index (χ1) is 9.29. The highest BCUT2D eigenvalue weighted by atomic mass is 79.9. The Bertz CT molecular complexity index is 564. The molecule has 2 aromatic rings. The average Bonchev–Trinajstić information content (AvgIpc) is 2.80. The number of rotatable bonds is 3. The summed E-state index contributed by atoms with van der Waals surface area (Å²) in [5.41, 5.74) is 2.31. The Morgan fingerprint density at radius 1 is 1.10 bits per heavy atom. The number of aromatic nitrogens is 3. The number of benzene rings is 1. The van der Waals surface area contributed by atoms with E-state index in [4.69, 9.17) is 0 Å². The molecule has 1 unspecified atom stereocenters. The fraction of sp³-hybridized carbons (Fsp3) is 0.500. The summed E-state index contributed by atoms with van der Waals surface area (Å²) >= 11 is 3.48. The van der Waals surface area contributed by atoms with Crippen LogP contribution in [0.5, 0.6) is 0 Å². The van der Waals surface area contributed by atoms with Gasteiger partial charge in [0.15, 0.2) is 0 Å². The fourth-order valence-corrected chi connectivity index (χ4v) is 2.52. The Kier molecular flexibility index (Phi) is 4.33. The zero-order valence-electron chi connectivity index (χ0n) is 12.8. The first-order valence-corrected chi connectivity index (χ1v) is 7.76. The van der Waals surface area contributed by atoms with Gasteiger partial charge in [-0.15, -0.1) is 5.10 Å². The SMILES string of the molecule is CC(C)C(c1ccc(Br)cc1)n1cc(C(C)(C)C)nn1. The molecule has 0 saturated carbocycles. The van der Waals surface area contributed by atoms with E-state index in [0.717, 1.165) is 10.2 Å². The largest absolute Gasteiger partial charge is 0.245 e. The molecular weight excluding hydrogens is 314 g/mol. The van der Waals surface area contributed by atoms with Crippen LogP contribution in [0.15, 0.2) is 34.9 Å². The highest BCUT2D eigenvalue weighted by Crippen LogP contribution is 2.28. The Labute approximate surface area is 129 Å². The molecule has 0 amide bonds. The van der Waals surface area contributed by atoms with Crippen LogP contribution in [-0.2, 0) is 5.41 Å². The molecule has 0 aliphatic rings. The smallest absolute Gasteiger partial charge is 0.0880 e. The van der Waals surface area contributed by atoms with Gasteiger partial charge in [-0.05, 0) is 23.6 Å². The highest BCUT2D eigenvalue weighted by molar-refractivity contribution is 9.10. The number of hydrogen-bond donors (Lipinski definition) is 0. The van der Waals surface area contributed by atoms with Crippen molar-refractivity contribution in [3.63, 3.8) is 0 Å². The molecule has 2 rings (SSSR count). The predicted molar refractivity (Wildman–Crippen MR) is 85.8 cm³/mol. The van der Waals surface area contributed by atoms with Gasteiger partial charge in [0.25, 0.3) is 0 Å². The molecule has 1 heterocycles. The van der Waals surface area contributed by atoms with Crippen molar-refractivity contribution < 1.29 is 0 Å². The van der Waals surface area contributed by atoms with Crippen molar-refractivity contribution >= 4 is 15.9 Å². The van der Waals surface area contributed by atoms with Gasteiger partial charge in [-0.1, -0.05) is 67.9 Å². The average molecular weight is 336 g/mol. The van der Waals surface area contributed by atoms with E-state index in [1.165, 1.54) is 5.56 Å². The van der Waals surface area contributed by atoms with Gasteiger partial charge < -0.3 is 0 Å². The zero-order chi connectivity index (χ0) is 14.9. The fourth-order valence-electron chi connectivity index (χ4n) is 2.26. The van der Waals surface area contributed by atoms with E-state index in [-0.39, 0.29) is 11.5 Å². The Morgan fingerprint density at radius 3 is 2.15 bits per heavy atom. The van der Waals surface area contributed by atoms with E-state index in [9.17, 15) is 0 Å². The normalized spacial score (nSPS) is 13.8. The molecule has 1 aromatic heterocycles. The lowest BCUT2D eigenvalue weighted by molar-refractivity contribution is 0.394. The molecule has 4 heteroatoms. The van der Waals surface area contributed by atoms with Crippen molar-refractivity contribution in [3.8, 4) is 0 Å². The van der Waals surface area contributed by atoms with Crippen molar-refractivity contribution in [2.24, 2.45) is 5.92 Å². The van der Waals surface area contributed by atoms with Crippen LogP contribution in [-0.4, -0.2) is 15.0 Å². The third kappa shape index (κ3) is 3.29. The molecule has 0 N–H and O–H groups in total. The molecule has 0 fully saturated rings. The van der Waals surface area contributed by atoms with E-state index >= 15 is 0 Å². The molecule has 0 spiro atoms. The van der Waals surface area contributed by atoms with Crippen LogP contribution in [0.25, 0.3) is 0 Å². The molecular formula is C16H22BrN3. The topological polar surface area (TPSA) is 30.7 Å². The first-order valence-electron chi connectivity index (χ1n) is 6.97. The summed E-state index contributed by atoms with van der Waals surface area (Å²) in [4.78, 5) is 0. The first kappa shape index (κ1) is 15.2. The van der Waals surface area contributed by atoms with Crippen LogP contribution in [0, 0.1) is 5.92 Å². The summed E-state index contributed by atoms with van der Waals surface area (Å²) in [6.07, 6.45) is 2.08. The monoisotopic (exact) mass is 335 g/mol. The second-order valence-corrected chi connectivity index (χ2v) is 7.49. The summed E-state index contributed by atoms with van der Waals surface area (Å²) in [6.45, 7) is 10.9. The minimum absolute atomic E-state index is 0.0273. The molecule has 20 heavy (non-hydrogen) atoms. The quantitative estimate of drug-likeness (QED) is 0.821. The van der Waals surface area contributed by atoms with Gasteiger partial charge in [0, 0.05) is 16.1 Å². The van der Waals surface area contributed by atoms with Crippen molar-refractivity contribution in [2.45, 2.75) is 46.1 Å². The second kappa shape index (κ2) is 5.68. The van der Waals surface area contributed by atoms with Crippen LogP contribution in [0.4, 0.5) is 0 Å². The standard InChI is InChI=1S/C16H22BrN3/c1-11(2)15(12-6-8-13(17)9-7-12)20-10-14(18-19-20)16(3,4)5/h6-11,15H,1-5H3. The van der Waals surface area contributed by atoms with Gasteiger partial charge in [-0.3, -0.25) is 0 Å². The molecule has 0 saturated heterocycles. The Hall–Kier alpha value is -1.16. The van der Waals surface area contributed by atoms with E-state index in [0.29, 0.717) is 5.92 Å². The van der Waals surface area contributed by atoms with E-state index in [2.05, 4.69) is 91.3 Å². The summed E-state index contributed by atoms with van der Waals surface area (Å²) in [7, 11) is 0. The molecule has 108 valence electrons. The number of hydrogen-bond acceptors (Lipinski definition) is 2. The van der Waals surface area contributed by atoms with Gasteiger partial charge >= 0.3 is 0 Å². The van der Waals surface area contributed by atoms with Crippen LogP contribution in [0.3, 0.4) is 0 Å². The summed E-state index contributed by atoms with van der Waals surface area (Å²) < 4.78 is 3.09. The van der Waals surface area contributed by atoms with E-state index in [1.54, 1.807) is 0 Å². The van der Waals surface area contributed by atoms with E-state index in [1.807, 2.05) is 4.68 Å². The summed E-state index contributed by atoms with van der Waals surface area (Å²) in [5.74, 6) is 0.450. The zero-order valence-corrected chi connectivity index (χ0v) is 14.3. The maximum absolute atomic E-state index is 4.36. The lowest BCUT2D eigenvalue weighted by atomic mass is 9.92. The van der Waals surface area contributed by atoms with Crippen molar-refractivity contribution in [3.05, 3.63) is 46.2 Å². The van der Waals surface area contributed by atoms with Crippen LogP contribution in [0.2, 0.25) is 0 Å². The van der Waals surface area contributed by atoms with E-state index < -0.39 is 0 Å². The molecule has 0 radical (unpaired) electrons. The Balaban J connectivity index is 2.39. The number of halogens is 1. The molecule has 1 aromatic carbocycles. The van der Waals surface area contributed by atoms with Gasteiger partial charge in [0.1, 0.15) is 0 Å². The maximum Gasteiger partial charge on any atom is 0.0880 e. The third-order valence-corrected chi connectivity index (χ3v) is 3.94. The minimum Gasteiger partial charge on any atom is -0.245 e. The second-order valence-electron chi connectivity index (χ2n) is 6.57. The molecule has 0 bridgehead atoms. The van der Waals surface area contributed by atoms with Crippen molar-refractivity contribution in [1.29, 1.82) is 0 Å². The summed E-state index contributed by atoms with van der Waals surface area (Å²) in [5, 5.41) is 8.70. The Morgan fingerprint density at radius 2 is 1.70 bits per heavy atom.